The number of aromatic nitrogens is 2. The van der Waals surface area contributed by atoms with E-state index in [1.165, 1.54) is 6.07 Å². The number of carboxylic acid groups (broad SMARTS) is 1. The summed E-state index contributed by atoms with van der Waals surface area (Å²) in [5.74, 6) is -0.292. The fourth-order valence-corrected chi connectivity index (χ4v) is 2.19. The van der Waals surface area contributed by atoms with Crippen LogP contribution < -0.4 is 15.6 Å². The van der Waals surface area contributed by atoms with Crippen LogP contribution in [-0.2, 0) is 4.79 Å². The van der Waals surface area contributed by atoms with Crippen LogP contribution in [0.3, 0.4) is 0 Å². The van der Waals surface area contributed by atoms with Gasteiger partial charge in [-0.2, -0.15) is 0 Å². The third-order valence-electron chi connectivity index (χ3n) is 3.29. The summed E-state index contributed by atoms with van der Waals surface area (Å²) in [6, 6.07) is 17.5. The highest BCUT2D eigenvalue weighted by Crippen LogP contribution is 2.20. The Morgan fingerprint density at radius 3 is 2.52 bits per heavy atom. The third-order valence-corrected chi connectivity index (χ3v) is 3.29. The predicted octanol–water partition coefficient (Wildman–Crippen LogP) is 2.64. The average molecular weight is 337 g/mol. The van der Waals surface area contributed by atoms with Gasteiger partial charge in [0, 0.05) is 17.3 Å². The first-order chi connectivity index (χ1) is 12.1. The van der Waals surface area contributed by atoms with E-state index in [1.54, 1.807) is 24.3 Å². The van der Waals surface area contributed by atoms with Crippen molar-refractivity contribution in [3.63, 3.8) is 0 Å². The number of aromatic amines is 1. The maximum Gasteiger partial charge on any atom is 0.341 e. The van der Waals surface area contributed by atoms with Gasteiger partial charge in [0.05, 0.1) is 5.69 Å². The number of H-pyrrole nitrogens is 1. The fraction of sp³-hybridized carbons (Fsp3) is 0.0556. The second-order valence-corrected chi connectivity index (χ2v) is 5.18. The molecular weight excluding hydrogens is 322 g/mol. The fourth-order valence-electron chi connectivity index (χ4n) is 2.19. The number of ether oxygens (including phenoxy) is 1. The molecule has 7 nitrogen and oxygen atoms in total. The normalized spacial score (nSPS) is 10.2. The largest absolute Gasteiger partial charge is 0.482 e. The summed E-state index contributed by atoms with van der Waals surface area (Å²) in [6.45, 7) is -0.402. The second-order valence-electron chi connectivity index (χ2n) is 5.18. The van der Waals surface area contributed by atoms with Crippen molar-refractivity contribution in [3.05, 3.63) is 71.0 Å². The van der Waals surface area contributed by atoms with Crippen LogP contribution in [-0.4, -0.2) is 27.7 Å². The molecule has 2 aromatic carbocycles. The Balaban J connectivity index is 1.78. The van der Waals surface area contributed by atoms with Gasteiger partial charge in [0.15, 0.2) is 6.61 Å². The lowest BCUT2D eigenvalue weighted by Crippen LogP contribution is -2.11. The van der Waals surface area contributed by atoms with Crippen LogP contribution in [0.1, 0.15) is 0 Å². The van der Waals surface area contributed by atoms with Gasteiger partial charge in [0.2, 0.25) is 5.95 Å². The van der Waals surface area contributed by atoms with Gasteiger partial charge in [0.1, 0.15) is 5.75 Å². The molecule has 0 aliphatic rings. The molecule has 3 rings (SSSR count). The Morgan fingerprint density at radius 1 is 1.12 bits per heavy atom. The van der Waals surface area contributed by atoms with Gasteiger partial charge >= 0.3 is 5.97 Å². The van der Waals surface area contributed by atoms with Crippen molar-refractivity contribution in [1.82, 2.24) is 9.97 Å². The third kappa shape index (κ3) is 4.44. The van der Waals surface area contributed by atoms with Gasteiger partial charge in [0.25, 0.3) is 5.56 Å². The highest BCUT2D eigenvalue weighted by molar-refractivity contribution is 5.68. The second kappa shape index (κ2) is 7.31. The topological polar surface area (TPSA) is 104 Å². The lowest BCUT2D eigenvalue weighted by atomic mass is 10.1. The average Bonchev–Trinajstić information content (AvgIpc) is 2.61. The molecule has 0 unspecified atom stereocenters. The van der Waals surface area contributed by atoms with Crippen molar-refractivity contribution in [3.8, 4) is 17.0 Å². The number of carboxylic acids is 1. The van der Waals surface area contributed by atoms with E-state index in [2.05, 4.69) is 15.3 Å². The van der Waals surface area contributed by atoms with E-state index >= 15 is 0 Å². The first-order valence-electron chi connectivity index (χ1n) is 7.48. The molecule has 0 fully saturated rings. The van der Waals surface area contributed by atoms with Crippen LogP contribution in [0.4, 0.5) is 11.6 Å². The molecule has 7 heteroatoms. The van der Waals surface area contributed by atoms with E-state index in [4.69, 9.17) is 9.84 Å². The molecule has 126 valence electrons. The highest BCUT2D eigenvalue weighted by Gasteiger charge is 2.05. The van der Waals surface area contributed by atoms with Crippen LogP contribution in [0.5, 0.6) is 5.75 Å². The zero-order valence-electron chi connectivity index (χ0n) is 13.1. The van der Waals surface area contributed by atoms with Gasteiger partial charge in [-0.25, -0.2) is 9.78 Å². The van der Waals surface area contributed by atoms with Crippen molar-refractivity contribution >= 4 is 17.6 Å². The molecule has 0 saturated heterocycles. The molecule has 0 spiro atoms. The number of hydrogen-bond acceptors (Lipinski definition) is 5. The molecule has 25 heavy (non-hydrogen) atoms. The van der Waals surface area contributed by atoms with Crippen molar-refractivity contribution in [2.75, 3.05) is 11.9 Å². The standard InChI is InChI=1S/C18H15N3O4/c22-16-10-15(12-4-2-1-3-5-12)20-18(21-16)19-13-6-8-14(9-7-13)25-11-17(23)24/h1-10H,11H2,(H,23,24)(H2,19,20,21,22). The molecule has 3 N–H and O–H groups in total. The predicted molar refractivity (Wildman–Crippen MR) is 93.1 cm³/mol. The Hall–Kier alpha value is -3.61. The Kier molecular flexibility index (Phi) is 4.75. The zero-order chi connectivity index (χ0) is 17.6. The Morgan fingerprint density at radius 2 is 1.84 bits per heavy atom. The van der Waals surface area contributed by atoms with Gasteiger partial charge in [-0.1, -0.05) is 30.3 Å². The van der Waals surface area contributed by atoms with Crippen molar-refractivity contribution in [2.45, 2.75) is 0 Å². The van der Waals surface area contributed by atoms with Crippen molar-refractivity contribution < 1.29 is 14.6 Å². The summed E-state index contributed by atoms with van der Waals surface area (Å²) in [5.41, 5.74) is 1.82. The minimum atomic E-state index is -1.04. The first-order valence-corrected chi connectivity index (χ1v) is 7.48. The lowest BCUT2D eigenvalue weighted by molar-refractivity contribution is -0.139. The lowest BCUT2D eigenvalue weighted by Gasteiger charge is -2.08. The maximum atomic E-state index is 11.9. The molecule has 0 bridgehead atoms. The van der Waals surface area contributed by atoms with Crippen molar-refractivity contribution in [2.24, 2.45) is 0 Å². The summed E-state index contributed by atoms with van der Waals surface area (Å²) in [4.78, 5) is 29.4. The monoisotopic (exact) mass is 337 g/mol. The van der Waals surface area contributed by atoms with Crippen LogP contribution in [0.15, 0.2) is 65.5 Å². The van der Waals surface area contributed by atoms with E-state index in [-0.39, 0.29) is 5.56 Å². The van der Waals surface area contributed by atoms with Crippen molar-refractivity contribution in [1.29, 1.82) is 0 Å². The number of hydrogen-bond donors (Lipinski definition) is 3. The van der Waals surface area contributed by atoms with Gasteiger partial charge in [-0.15, -0.1) is 0 Å². The van der Waals surface area contributed by atoms with E-state index in [1.807, 2.05) is 30.3 Å². The molecular formula is C18H15N3O4. The molecule has 0 radical (unpaired) electrons. The first kappa shape index (κ1) is 16.3. The van der Waals surface area contributed by atoms with Gasteiger partial charge < -0.3 is 15.2 Å². The molecule has 0 saturated carbocycles. The minimum Gasteiger partial charge on any atom is -0.482 e. The molecule has 3 aromatic rings. The quantitative estimate of drug-likeness (QED) is 0.639. The highest BCUT2D eigenvalue weighted by atomic mass is 16.5. The number of aliphatic carboxylic acids is 1. The SMILES string of the molecule is O=C(O)COc1ccc(Nc2nc(-c3ccccc3)cc(=O)[nH]2)cc1. The van der Waals surface area contributed by atoms with Crippen LogP contribution >= 0.6 is 0 Å². The summed E-state index contributed by atoms with van der Waals surface area (Å²) < 4.78 is 5.07. The van der Waals surface area contributed by atoms with Crippen LogP contribution in [0.25, 0.3) is 11.3 Å². The number of nitrogens with zero attached hydrogens (tertiary/aromatic N) is 1. The summed E-state index contributed by atoms with van der Waals surface area (Å²) in [7, 11) is 0. The van der Waals surface area contributed by atoms with E-state index in [0.29, 0.717) is 23.1 Å². The maximum absolute atomic E-state index is 11.9. The Bertz CT molecular complexity index is 921. The molecule has 0 aliphatic heterocycles. The summed E-state index contributed by atoms with van der Waals surface area (Å²) in [6.07, 6.45) is 0. The molecule has 0 amide bonds. The molecule has 0 aliphatic carbocycles. The van der Waals surface area contributed by atoms with E-state index in [9.17, 15) is 9.59 Å². The Labute approximate surface area is 142 Å². The zero-order valence-corrected chi connectivity index (χ0v) is 13.1. The van der Waals surface area contributed by atoms with Crippen LogP contribution in [0.2, 0.25) is 0 Å². The number of nitrogens with one attached hydrogen (secondary N) is 2. The molecule has 1 aromatic heterocycles. The number of benzene rings is 2. The minimum absolute atomic E-state index is 0.266. The summed E-state index contributed by atoms with van der Waals surface area (Å²) in [5, 5.41) is 11.6. The smallest absolute Gasteiger partial charge is 0.341 e. The molecule has 1 heterocycles. The number of anilines is 2. The van der Waals surface area contributed by atoms with E-state index < -0.39 is 12.6 Å². The summed E-state index contributed by atoms with van der Waals surface area (Å²) >= 11 is 0. The van der Waals surface area contributed by atoms with E-state index in [0.717, 1.165) is 5.56 Å². The van der Waals surface area contributed by atoms with Crippen LogP contribution in [0, 0.1) is 0 Å². The van der Waals surface area contributed by atoms with Gasteiger partial charge in [-0.3, -0.25) is 9.78 Å². The van der Waals surface area contributed by atoms with Gasteiger partial charge in [-0.05, 0) is 24.3 Å². The number of rotatable bonds is 6. The molecule has 0 atom stereocenters. The number of carbonyl (C=O) groups is 1.